The number of carbonyl (C=O) groups excluding carboxylic acids is 1. The number of aryl methyl sites for hydroxylation is 2. The summed E-state index contributed by atoms with van der Waals surface area (Å²) >= 11 is 11.6. The largest absolute Gasteiger partial charge is 0.457 e. The van der Waals surface area contributed by atoms with Crippen molar-refractivity contribution in [3.8, 4) is 11.5 Å². The Kier molecular flexibility index (Phi) is 6.33. The van der Waals surface area contributed by atoms with Crippen LogP contribution < -0.4 is 10.1 Å². The zero-order chi connectivity index (χ0) is 23.8. The van der Waals surface area contributed by atoms with Crippen LogP contribution in [-0.2, 0) is 13.2 Å². The molecule has 0 saturated heterocycles. The third kappa shape index (κ3) is 4.94. The summed E-state index contributed by atoms with van der Waals surface area (Å²) in [6.45, 7) is 1.71. The van der Waals surface area contributed by atoms with Crippen LogP contribution in [0.4, 0.5) is 24.5 Å². The van der Waals surface area contributed by atoms with E-state index in [1.807, 2.05) is 0 Å². The average Bonchev–Trinajstić information content (AvgIpc) is 2.98. The van der Waals surface area contributed by atoms with Crippen molar-refractivity contribution in [1.29, 1.82) is 0 Å². The van der Waals surface area contributed by atoms with E-state index >= 15 is 0 Å². The van der Waals surface area contributed by atoms with Gasteiger partial charge in [-0.1, -0.05) is 23.2 Å². The first-order valence-electron chi connectivity index (χ1n) is 8.71. The highest BCUT2D eigenvalue weighted by Gasteiger charge is 2.39. The van der Waals surface area contributed by atoms with Gasteiger partial charge in [-0.3, -0.25) is 19.6 Å². The zero-order valence-corrected chi connectivity index (χ0v) is 17.8. The Hall–Kier alpha value is -3.31. The van der Waals surface area contributed by atoms with E-state index in [-0.39, 0.29) is 11.4 Å². The van der Waals surface area contributed by atoms with Crippen molar-refractivity contribution in [2.75, 3.05) is 5.32 Å². The molecule has 168 valence electrons. The molecular formula is C19H13Cl2F3N4O4. The summed E-state index contributed by atoms with van der Waals surface area (Å²) in [4.78, 5) is 23.2. The molecule has 1 N–H and O–H groups in total. The third-order valence-electron chi connectivity index (χ3n) is 4.20. The Morgan fingerprint density at radius 2 is 1.91 bits per heavy atom. The lowest BCUT2D eigenvalue weighted by Crippen LogP contribution is -2.16. The van der Waals surface area contributed by atoms with E-state index in [0.29, 0.717) is 21.0 Å². The molecule has 3 aromatic rings. The number of anilines is 1. The number of ether oxygens (including phenoxy) is 1. The van der Waals surface area contributed by atoms with Crippen molar-refractivity contribution in [2.24, 2.45) is 7.05 Å². The highest BCUT2D eigenvalue weighted by Crippen LogP contribution is 2.36. The standard InChI is InChI=1S/C19H13Cl2F3N4O4/c1-9-5-10(20)3-4-14(9)32-13-7-11(6-12(8-13)28(30)31)25-18(29)16-15(21)17(19(22,23)24)26-27(16)2/h3-8H,1-2H3,(H,25,29). The minimum atomic E-state index is -4.86. The predicted molar refractivity (Wildman–Crippen MR) is 111 cm³/mol. The fraction of sp³-hybridized carbons (Fsp3) is 0.158. The van der Waals surface area contributed by atoms with Crippen molar-refractivity contribution >= 4 is 40.5 Å². The van der Waals surface area contributed by atoms with Crippen LogP contribution in [0.1, 0.15) is 21.7 Å². The Labute approximate surface area is 188 Å². The summed E-state index contributed by atoms with van der Waals surface area (Å²) in [5, 5.41) is 16.4. The van der Waals surface area contributed by atoms with Gasteiger partial charge in [0.1, 0.15) is 22.2 Å². The second-order valence-electron chi connectivity index (χ2n) is 6.57. The lowest BCUT2D eigenvalue weighted by molar-refractivity contribution is -0.384. The number of nitro groups is 1. The summed E-state index contributed by atoms with van der Waals surface area (Å²) in [6.07, 6.45) is -4.86. The van der Waals surface area contributed by atoms with Gasteiger partial charge in [0.2, 0.25) is 0 Å². The van der Waals surface area contributed by atoms with Gasteiger partial charge in [0.05, 0.1) is 16.7 Å². The van der Waals surface area contributed by atoms with Crippen LogP contribution in [0.2, 0.25) is 10.0 Å². The monoisotopic (exact) mass is 488 g/mol. The fourth-order valence-electron chi connectivity index (χ4n) is 2.79. The number of hydrogen-bond acceptors (Lipinski definition) is 5. The smallest absolute Gasteiger partial charge is 0.436 e. The average molecular weight is 489 g/mol. The molecule has 1 amide bonds. The molecule has 8 nitrogen and oxygen atoms in total. The first-order valence-corrected chi connectivity index (χ1v) is 9.47. The van der Waals surface area contributed by atoms with Crippen LogP contribution in [0.25, 0.3) is 0 Å². The lowest BCUT2D eigenvalue weighted by atomic mass is 10.2. The van der Waals surface area contributed by atoms with Crippen molar-refractivity contribution in [1.82, 2.24) is 9.78 Å². The van der Waals surface area contributed by atoms with Gasteiger partial charge in [0.25, 0.3) is 11.6 Å². The van der Waals surface area contributed by atoms with Gasteiger partial charge in [0.15, 0.2) is 5.69 Å². The Bertz CT molecular complexity index is 1230. The van der Waals surface area contributed by atoms with Gasteiger partial charge in [-0.15, -0.1) is 0 Å². The number of rotatable bonds is 5. The van der Waals surface area contributed by atoms with E-state index in [0.717, 1.165) is 19.2 Å². The molecule has 0 spiro atoms. The Morgan fingerprint density at radius 1 is 1.22 bits per heavy atom. The van der Waals surface area contributed by atoms with Crippen LogP contribution in [0.15, 0.2) is 36.4 Å². The quantitative estimate of drug-likeness (QED) is 0.350. The van der Waals surface area contributed by atoms with Crippen molar-refractivity contribution in [3.63, 3.8) is 0 Å². The molecule has 3 rings (SSSR count). The number of amides is 1. The number of alkyl halides is 3. The molecule has 0 aliphatic rings. The van der Waals surface area contributed by atoms with Crippen molar-refractivity contribution < 1.29 is 27.6 Å². The van der Waals surface area contributed by atoms with E-state index in [9.17, 15) is 28.1 Å². The second-order valence-corrected chi connectivity index (χ2v) is 7.39. The number of halogens is 5. The molecule has 1 heterocycles. The normalized spacial score (nSPS) is 11.3. The van der Waals surface area contributed by atoms with Gasteiger partial charge in [-0.2, -0.15) is 18.3 Å². The van der Waals surface area contributed by atoms with Crippen molar-refractivity contribution in [2.45, 2.75) is 13.1 Å². The SMILES string of the molecule is Cc1cc(Cl)ccc1Oc1cc(NC(=O)c2c(Cl)c(C(F)(F)F)nn2C)cc([N+](=O)[O-])c1. The van der Waals surface area contributed by atoms with E-state index in [4.69, 9.17) is 27.9 Å². The molecule has 0 aliphatic carbocycles. The molecule has 32 heavy (non-hydrogen) atoms. The van der Waals surface area contributed by atoms with E-state index in [2.05, 4.69) is 10.4 Å². The number of benzene rings is 2. The minimum absolute atomic E-state index is 0.00649. The molecule has 1 aromatic heterocycles. The Morgan fingerprint density at radius 3 is 2.47 bits per heavy atom. The van der Waals surface area contributed by atoms with Crippen LogP contribution in [0, 0.1) is 17.0 Å². The number of hydrogen-bond donors (Lipinski definition) is 1. The Balaban J connectivity index is 1.95. The molecule has 0 saturated carbocycles. The highest BCUT2D eigenvalue weighted by molar-refractivity contribution is 6.35. The van der Waals surface area contributed by atoms with Gasteiger partial charge in [-0.25, -0.2) is 0 Å². The summed E-state index contributed by atoms with van der Waals surface area (Å²) in [6, 6.07) is 8.17. The number of non-ortho nitro benzene ring substituents is 1. The summed E-state index contributed by atoms with van der Waals surface area (Å²) in [5.41, 5.74) is -1.86. The van der Waals surface area contributed by atoms with Crippen LogP contribution in [-0.4, -0.2) is 20.6 Å². The fourth-order valence-corrected chi connectivity index (χ4v) is 3.37. The number of nitrogens with one attached hydrogen (secondary N) is 1. The molecule has 2 aromatic carbocycles. The highest BCUT2D eigenvalue weighted by atomic mass is 35.5. The van der Waals surface area contributed by atoms with Crippen LogP contribution in [0.3, 0.4) is 0 Å². The molecule has 0 atom stereocenters. The number of nitro benzene ring substituents is 1. The van der Waals surface area contributed by atoms with Crippen molar-refractivity contribution in [3.05, 3.63) is 73.5 Å². The van der Waals surface area contributed by atoms with Gasteiger partial charge in [0, 0.05) is 24.2 Å². The predicted octanol–water partition coefficient (Wildman–Crippen LogP) is 6.01. The summed E-state index contributed by atoms with van der Waals surface area (Å²) in [5.74, 6) is -0.682. The molecular weight excluding hydrogens is 476 g/mol. The number of nitrogens with zero attached hydrogens (tertiary/aromatic N) is 3. The maximum absolute atomic E-state index is 13.0. The minimum Gasteiger partial charge on any atom is -0.457 e. The van der Waals surface area contributed by atoms with Crippen LogP contribution >= 0.6 is 23.2 Å². The second kappa shape index (κ2) is 8.67. The maximum atomic E-state index is 13.0. The van der Waals surface area contributed by atoms with Gasteiger partial charge in [-0.05, 0) is 30.7 Å². The molecule has 0 unspecified atom stereocenters. The van der Waals surface area contributed by atoms with E-state index < -0.39 is 39.1 Å². The summed E-state index contributed by atoms with van der Waals surface area (Å²) < 4.78 is 45.3. The molecule has 0 aliphatic heterocycles. The molecule has 0 fully saturated rings. The van der Waals surface area contributed by atoms with E-state index in [1.165, 1.54) is 6.07 Å². The molecule has 0 radical (unpaired) electrons. The maximum Gasteiger partial charge on any atom is 0.436 e. The zero-order valence-electron chi connectivity index (χ0n) is 16.3. The molecule has 0 bridgehead atoms. The topological polar surface area (TPSA) is 99.3 Å². The first-order chi connectivity index (χ1) is 14.9. The van der Waals surface area contributed by atoms with E-state index in [1.54, 1.807) is 25.1 Å². The number of aromatic nitrogens is 2. The summed E-state index contributed by atoms with van der Waals surface area (Å²) in [7, 11) is 1.11. The first kappa shape index (κ1) is 23.4. The lowest BCUT2D eigenvalue weighted by Gasteiger charge is -2.11. The third-order valence-corrected chi connectivity index (χ3v) is 4.79. The van der Waals surface area contributed by atoms with Gasteiger partial charge < -0.3 is 10.1 Å². The van der Waals surface area contributed by atoms with Gasteiger partial charge >= 0.3 is 6.18 Å². The van der Waals surface area contributed by atoms with Crippen LogP contribution in [0.5, 0.6) is 11.5 Å². The molecule has 13 heteroatoms. The number of carbonyl (C=O) groups is 1.